The zero-order chi connectivity index (χ0) is 11.3. The van der Waals surface area contributed by atoms with E-state index in [-0.39, 0.29) is 6.61 Å². The summed E-state index contributed by atoms with van der Waals surface area (Å²) in [6.45, 7) is 0.254. The average Bonchev–Trinajstić information content (AvgIpc) is 2.13. The molecule has 0 aromatic heterocycles. The Kier molecular flexibility index (Phi) is 5.01. The predicted molar refractivity (Wildman–Crippen MR) is 68.3 cm³/mol. The highest BCUT2D eigenvalue weighted by Crippen LogP contribution is 2.13. The molecule has 0 aliphatic heterocycles. The highest BCUT2D eigenvalue weighted by atomic mass is 127. The SMILES string of the molecule is CS(=O)(=O)OCCCc1ccccc1I. The Bertz CT molecular complexity index is 414. The Hall–Kier alpha value is -0.140. The first kappa shape index (κ1) is 12.9. The Labute approximate surface area is 104 Å². The minimum absolute atomic E-state index is 0.254. The molecule has 1 aromatic rings. The zero-order valence-electron chi connectivity index (χ0n) is 8.44. The van der Waals surface area contributed by atoms with Gasteiger partial charge in [0, 0.05) is 3.57 Å². The van der Waals surface area contributed by atoms with E-state index in [2.05, 4.69) is 26.8 Å². The van der Waals surface area contributed by atoms with Crippen LogP contribution < -0.4 is 0 Å². The fourth-order valence-electron chi connectivity index (χ4n) is 1.17. The molecule has 5 heteroatoms. The monoisotopic (exact) mass is 340 g/mol. The lowest BCUT2D eigenvalue weighted by atomic mass is 10.1. The van der Waals surface area contributed by atoms with Gasteiger partial charge in [-0.15, -0.1) is 0 Å². The van der Waals surface area contributed by atoms with Crippen molar-refractivity contribution in [3.8, 4) is 0 Å². The van der Waals surface area contributed by atoms with Crippen LogP contribution in [0.3, 0.4) is 0 Å². The minimum atomic E-state index is -3.29. The van der Waals surface area contributed by atoms with Crippen molar-refractivity contribution < 1.29 is 12.6 Å². The maximum absolute atomic E-state index is 10.7. The Morgan fingerprint density at radius 1 is 1.33 bits per heavy atom. The van der Waals surface area contributed by atoms with Crippen molar-refractivity contribution in [1.82, 2.24) is 0 Å². The summed E-state index contributed by atoms with van der Waals surface area (Å²) in [5, 5.41) is 0. The summed E-state index contributed by atoms with van der Waals surface area (Å²) in [7, 11) is -3.29. The van der Waals surface area contributed by atoms with Crippen LogP contribution in [0.5, 0.6) is 0 Å². The molecular formula is C10H13IO3S. The predicted octanol–water partition coefficient (Wildman–Crippen LogP) is 2.20. The van der Waals surface area contributed by atoms with Gasteiger partial charge < -0.3 is 0 Å². The van der Waals surface area contributed by atoms with Crippen LogP contribution in [-0.2, 0) is 20.7 Å². The molecule has 15 heavy (non-hydrogen) atoms. The third kappa shape index (κ3) is 5.48. The minimum Gasteiger partial charge on any atom is -0.270 e. The summed E-state index contributed by atoms with van der Waals surface area (Å²) in [6.07, 6.45) is 2.63. The van der Waals surface area contributed by atoms with Crippen LogP contribution in [0.15, 0.2) is 24.3 Å². The summed E-state index contributed by atoms with van der Waals surface area (Å²) in [5.74, 6) is 0. The molecule has 3 nitrogen and oxygen atoms in total. The summed E-state index contributed by atoms with van der Waals surface area (Å²) in [6, 6.07) is 8.04. The van der Waals surface area contributed by atoms with Crippen LogP contribution in [0, 0.1) is 3.57 Å². The van der Waals surface area contributed by atoms with Crippen molar-refractivity contribution in [2.45, 2.75) is 12.8 Å². The first-order valence-corrected chi connectivity index (χ1v) is 7.46. The van der Waals surface area contributed by atoms with Gasteiger partial charge in [-0.25, -0.2) is 0 Å². The van der Waals surface area contributed by atoms with Gasteiger partial charge in [0.25, 0.3) is 10.1 Å². The van der Waals surface area contributed by atoms with Crippen molar-refractivity contribution in [3.05, 3.63) is 33.4 Å². The van der Waals surface area contributed by atoms with Crippen molar-refractivity contribution in [2.75, 3.05) is 12.9 Å². The number of hydrogen-bond donors (Lipinski definition) is 0. The molecule has 0 spiro atoms. The maximum atomic E-state index is 10.7. The van der Waals surface area contributed by atoms with Gasteiger partial charge >= 0.3 is 0 Å². The summed E-state index contributed by atoms with van der Waals surface area (Å²) >= 11 is 2.27. The fourth-order valence-corrected chi connectivity index (χ4v) is 2.25. The van der Waals surface area contributed by atoms with E-state index < -0.39 is 10.1 Å². The van der Waals surface area contributed by atoms with Crippen LogP contribution in [0.2, 0.25) is 0 Å². The quantitative estimate of drug-likeness (QED) is 0.469. The fraction of sp³-hybridized carbons (Fsp3) is 0.400. The van der Waals surface area contributed by atoms with Crippen LogP contribution in [0.25, 0.3) is 0 Å². The highest BCUT2D eigenvalue weighted by molar-refractivity contribution is 14.1. The second kappa shape index (κ2) is 5.81. The molecule has 0 radical (unpaired) electrons. The normalized spacial score (nSPS) is 11.6. The molecule has 1 aromatic carbocycles. The van der Waals surface area contributed by atoms with Crippen molar-refractivity contribution in [1.29, 1.82) is 0 Å². The van der Waals surface area contributed by atoms with E-state index in [0.29, 0.717) is 6.42 Å². The van der Waals surface area contributed by atoms with Crippen molar-refractivity contribution in [3.63, 3.8) is 0 Å². The molecule has 0 heterocycles. The average molecular weight is 340 g/mol. The number of benzene rings is 1. The molecule has 0 bridgehead atoms. The van der Waals surface area contributed by atoms with Crippen LogP contribution >= 0.6 is 22.6 Å². The van der Waals surface area contributed by atoms with E-state index in [1.54, 1.807) is 0 Å². The van der Waals surface area contributed by atoms with Gasteiger partial charge in [0.05, 0.1) is 12.9 Å². The summed E-state index contributed by atoms with van der Waals surface area (Å²) in [5.41, 5.74) is 1.23. The lowest BCUT2D eigenvalue weighted by Crippen LogP contribution is -2.05. The van der Waals surface area contributed by atoms with E-state index in [1.807, 2.05) is 24.3 Å². The van der Waals surface area contributed by atoms with Gasteiger partial charge in [-0.1, -0.05) is 18.2 Å². The standard InChI is InChI=1S/C10H13IO3S/c1-15(12,13)14-8-4-6-9-5-2-3-7-10(9)11/h2-3,5,7H,4,6,8H2,1H3. The third-order valence-electron chi connectivity index (χ3n) is 1.85. The third-order valence-corrected chi connectivity index (χ3v) is 3.49. The molecule has 0 saturated carbocycles. The second-order valence-corrected chi connectivity index (χ2v) is 6.03. The van der Waals surface area contributed by atoms with Gasteiger partial charge in [0.2, 0.25) is 0 Å². The van der Waals surface area contributed by atoms with Gasteiger partial charge in [-0.2, -0.15) is 8.42 Å². The molecule has 0 N–H and O–H groups in total. The van der Waals surface area contributed by atoms with Crippen LogP contribution in [0.4, 0.5) is 0 Å². The Morgan fingerprint density at radius 3 is 2.60 bits per heavy atom. The van der Waals surface area contributed by atoms with Crippen LogP contribution in [-0.4, -0.2) is 21.3 Å². The van der Waals surface area contributed by atoms with Gasteiger partial charge in [0.1, 0.15) is 0 Å². The lowest BCUT2D eigenvalue weighted by Gasteiger charge is -2.04. The van der Waals surface area contributed by atoms with E-state index in [1.165, 1.54) is 9.13 Å². The summed E-state index contributed by atoms with van der Waals surface area (Å²) < 4.78 is 27.2. The van der Waals surface area contributed by atoms with Gasteiger partial charge in [-0.05, 0) is 47.1 Å². The first-order chi connectivity index (χ1) is 6.99. The largest absolute Gasteiger partial charge is 0.270 e. The molecule has 0 aliphatic carbocycles. The van der Waals surface area contributed by atoms with Crippen molar-refractivity contribution in [2.24, 2.45) is 0 Å². The number of aryl methyl sites for hydroxylation is 1. The first-order valence-electron chi connectivity index (χ1n) is 4.57. The molecule has 0 atom stereocenters. The maximum Gasteiger partial charge on any atom is 0.264 e. The van der Waals surface area contributed by atoms with Gasteiger partial charge in [-0.3, -0.25) is 4.18 Å². The molecule has 0 unspecified atom stereocenters. The van der Waals surface area contributed by atoms with Crippen LogP contribution in [0.1, 0.15) is 12.0 Å². The second-order valence-electron chi connectivity index (χ2n) is 3.22. The molecular weight excluding hydrogens is 327 g/mol. The smallest absolute Gasteiger partial charge is 0.264 e. The summed E-state index contributed by atoms with van der Waals surface area (Å²) in [4.78, 5) is 0. The van der Waals surface area contributed by atoms with E-state index in [9.17, 15) is 8.42 Å². The van der Waals surface area contributed by atoms with E-state index in [4.69, 9.17) is 0 Å². The van der Waals surface area contributed by atoms with Crippen molar-refractivity contribution >= 4 is 32.7 Å². The zero-order valence-corrected chi connectivity index (χ0v) is 11.4. The Morgan fingerprint density at radius 2 is 2.00 bits per heavy atom. The number of hydrogen-bond acceptors (Lipinski definition) is 3. The number of halogens is 1. The van der Waals surface area contributed by atoms with Gasteiger partial charge in [0.15, 0.2) is 0 Å². The molecule has 0 fully saturated rings. The van der Waals surface area contributed by atoms with E-state index >= 15 is 0 Å². The molecule has 0 saturated heterocycles. The Balaban J connectivity index is 2.36. The molecule has 84 valence electrons. The number of rotatable bonds is 5. The lowest BCUT2D eigenvalue weighted by molar-refractivity contribution is 0.316. The molecule has 1 rings (SSSR count). The molecule has 0 amide bonds. The highest BCUT2D eigenvalue weighted by Gasteiger charge is 2.02. The topological polar surface area (TPSA) is 43.4 Å². The molecule has 0 aliphatic rings. The van der Waals surface area contributed by atoms with E-state index in [0.717, 1.165) is 12.7 Å².